The molecule has 54 valence electrons. The Hall–Kier alpha value is 0.0349. The molecule has 0 saturated heterocycles. The molecule has 1 rings (SSSR count). The number of allylic oxidation sites excluding steroid dienone is 2. The highest BCUT2D eigenvalue weighted by atomic mass is 127. The number of nitrogens with zero attached hydrogens (tertiary/aromatic N) is 1. The second-order valence-electron chi connectivity index (χ2n) is 2.30. The summed E-state index contributed by atoms with van der Waals surface area (Å²) < 4.78 is -0.359. The lowest BCUT2D eigenvalue weighted by Gasteiger charge is -2.16. The van der Waals surface area contributed by atoms with Crippen molar-refractivity contribution < 1.29 is 5.02 Å². The maximum Gasteiger partial charge on any atom is 0.397 e. The number of halogens is 1. The van der Waals surface area contributed by atoms with E-state index in [0.29, 0.717) is 0 Å². The van der Waals surface area contributed by atoms with Gasteiger partial charge in [0.2, 0.25) is 0 Å². The van der Waals surface area contributed by atoms with Gasteiger partial charge in [-0.25, -0.2) is 0 Å². The van der Waals surface area contributed by atoms with Crippen LogP contribution < -0.4 is 0 Å². The Morgan fingerprint density at radius 3 is 2.90 bits per heavy atom. The number of hydrogen-bond acceptors (Lipinski definition) is 2. The largest absolute Gasteiger partial charge is 0.438 e. The molecule has 0 amide bonds. The van der Waals surface area contributed by atoms with Gasteiger partial charge in [0.1, 0.15) is 0 Å². The van der Waals surface area contributed by atoms with Crippen molar-refractivity contribution in [2.45, 2.75) is 0 Å². The maximum atomic E-state index is 9.11. The molecule has 0 spiro atoms. The first-order valence-electron chi connectivity index (χ1n) is 3.11. The predicted octanol–water partition coefficient (Wildman–Crippen LogP) is 0.827. The van der Waals surface area contributed by atoms with Crippen molar-refractivity contribution in [1.29, 1.82) is 0 Å². The zero-order valence-corrected chi connectivity index (χ0v) is 7.95. The van der Waals surface area contributed by atoms with Gasteiger partial charge in [-0.3, -0.25) is 0 Å². The van der Waals surface area contributed by atoms with E-state index in [2.05, 4.69) is 4.90 Å². The zero-order chi connectivity index (χ0) is 7.56. The minimum Gasteiger partial charge on any atom is -0.438 e. The first-order chi connectivity index (χ1) is 4.70. The van der Waals surface area contributed by atoms with Crippen molar-refractivity contribution in [1.82, 2.24) is 4.90 Å². The van der Waals surface area contributed by atoms with Crippen LogP contribution in [0.3, 0.4) is 0 Å². The Labute approximate surface area is 74.6 Å². The molecule has 0 aromatic rings. The van der Waals surface area contributed by atoms with Crippen LogP contribution in [-0.2, 0) is 0 Å². The van der Waals surface area contributed by atoms with Gasteiger partial charge in [0.15, 0.2) is 0 Å². The molecule has 2 nitrogen and oxygen atoms in total. The molecule has 4 heteroatoms. The quantitative estimate of drug-likeness (QED) is 0.549. The van der Waals surface area contributed by atoms with E-state index in [9.17, 15) is 0 Å². The van der Waals surface area contributed by atoms with Gasteiger partial charge < -0.3 is 9.92 Å². The Morgan fingerprint density at radius 1 is 1.80 bits per heavy atom. The molecule has 10 heavy (non-hydrogen) atoms. The van der Waals surface area contributed by atoms with E-state index < -0.39 is 0 Å². The number of hydrogen-bond donors (Lipinski definition) is 1. The monoisotopic (exact) mass is 249 g/mol. The Morgan fingerprint density at radius 2 is 2.50 bits per heavy atom. The third kappa shape index (κ3) is 2.02. The third-order valence-corrected chi connectivity index (χ3v) is 2.13. The molecule has 0 aromatic carbocycles. The normalized spacial score (nSPS) is 17.1. The topological polar surface area (TPSA) is 23.5 Å². The van der Waals surface area contributed by atoms with Gasteiger partial charge in [-0.05, 0) is 17.7 Å². The lowest BCUT2D eigenvalue weighted by Crippen LogP contribution is -2.17. The van der Waals surface area contributed by atoms with Crippen LogP contribution in [0.25, 0.3) is 0 Å². The summed E-state index contributed by atoms with van der Waals surface area (Å²) in [4.78, 5) is 2.06. The Kier molecular flexibility index (Phi) is 2.79. The summed E-state index contributed by atoms with van der Waals surface area (Å²) in [7, 11) is 2.00. The van der Waals surface area contributed by atoms with Gasteiger partial charge in [-0.15, -0.1) is 22.4 Å². The molecule has 0 atom stereocenters. The van der Waals surface area contributed by atoms with E-state index in [1.165, 1.54) is 0 Å². The fourth-order valence-corrected chi connectivity index (χ4v) is 1.23. The molecule has 0 radical (unpaired) electrons. The van der Waals surface area contributed by atoms with Gasteiger partial charge >= 0.3 is 4.77 Å². The molecule has 1 N–H and O–H groups in total. The molecule has 0 bridgehead atoms. The zero-order valence-electron chi connectivity index (χ0n) is 5.79. The van der Waals surface area contributed by atoms with E-state index >= 15 is 0 Å². The van der Waals surface area contributed by atoms with E-state index in [4.69, 9.17) is 5.02 Å². The van der Waals surface area contributed by atoms with Crippen LogP contribution in [0.4, 0.5) is 0 Å². The summed E-state index contributed by atoms with van der Waals surface area (Å²) in [6.07, 6.45) is 5.93. The second-order valence-corrected chi connectivity index (χ2v) is 3.48. The highest BCUT2D eigenvalue weighted by Crippen LogP contribution is 2.10. The Balaban J connectivity index is 2.59. The second kappa shape index (κ2) is 3.43. The molecule has 0 fully saturated rings. The average Bonchev–Trinajstić information content (AvgIpc) is 1.88. The van der Waals surface area contributed by atoms with Crippen LogP contribution >= 0.6 is 22.4 Å². The minimum absolute atomic E-state index is 0.359. The van der Waals surface area contributed by atoms with Crippen molar-refractivity contribution >= 4 is 27.1 Å². The Bertz CT molecular complexity index is 179. The van der Waals surface area contributed by atoms with Crippen LogP contribution in [0, 0.1) is 0 Å². The van der Waals surface area contributed by atoms with E-state index in [1.54, 1.807) is 0 Å². The summed E-state index contributed by atoms with van der Waals surface area (Å²) in [5.74, 6) is 0. The molecule has 0 saturated carbocycles. The summed E-state index contributed by atoms with van der Waals surface area (Å²) in [6.45, 7) is 0.895. The van der Waals surface area contributed by atoms with Gasteiger partial charge in [-0.2, -0.15) is 0 Å². The van der Waals surface area contributed by atoms with Crippen LogP contribution in [-0.4, -0.2) is 28.3 Å². The SMILES string of the molecule is CN1C=CC(B(O)I)=CC1. The summed E-state index contributed by atoms with van der Waals surface area (Å²) in [6, 6.07) is 0. The van der Waals surface area contributed by atoms with E-state index in [-0.39, 0.29) is 4.77 Å². The molecular weight excluding hydrogens is 240 g/mol. The van der Waals surface area contributed by atoms with Crippen molar-refractivity contribution in [3.05, 3.63) is 23.8 Å². The van der Waals surface area contributed by atoms with Gasteiger partial charge in [-0.1, -0.05) is 6.08 Å². The van der Waals surface area contributed by atoms with E-state index in [0.717, 1.165) is 12.0 Å². The highest BCUT2D eigenvalue weighted by molar-refractivity contribution is 14.1. The van der Waals surface area contributed by atoms with Crippen molar-refractivity contribution in [3.8, 4) is 0 Å². The van der Waals surface area contributed by atoms with Crippen LogP contribution in [0.5, 0.6) is 0 Å². The van der Waals surface area contributed by atoms with Crippen LogP contribution in [0.15, 0.2) is 23.8 Å². The van der Waals surface area contributed by atoms with Crippen LogP contribution in [0.1, 0.15) is 0 Å². The third-order valence-electron chi connectivity index (χ3n) is 1.41. The van der Waals surface area contributed by atoms with Crippen molar-refractivity contribution in [3.63, 3.8) is 0 Å². The minimum atomic E-state index is -0.359. The molecule has 0 aliphatic carbocycles. The predicted molar refractivity (Wildman–Crippen MR) is 51.8 cm³/mol. The van der Waals surface area contributed by atoms with E-state index in [1.807, 2.05) is 47.8 Å². The van der Waals surface area contributed by atoms with Crippen molar-refractivity contribution in [2.24, 2.45) is 0 Å². The van der Waals surface area contributed by atoms with Crippen LogP contribution in [0.2, 0.25) is 0 Å². The average molecular weight is 249 g/mol. The smallest absolute Gasteiger partial charge is 0.397 e. The maximum absolute atomic E-state index is 9.11. The first kappa shape index (κ1) is 8.13. The summed E-state index contributed by atoms with van der Waals surface area (Å²) in [5.41, 5.74) is 0.999. The van der Waals surface area contributed by atoms with Crippen molar-refractivity contribution in [2.75, 3.05) is 13.6 Å². The van der Waals surface area contributed by atoms with Gasteiger partial charge in [0.05, 0.1) is 0 Å². The lowest BCUT2D eigenvalue weighted by atomic mass is 9.86. The number of rotatable bonds is 1. The molecule has 1 aliphatic rings. The standard InChI is InChI=1S/C6H9BINO/c1-9-4-2-6(3-5-9)7(8)10/h2-4,10H,5H2,1H3. The molecule has 0 aromatic heterocycles. The summed E-state index contributed by atoms with van der Waals surface area (Å²) >= 11 is 1.99. The number of likely N-dealkylation sites (N-methyl/N-ethyl adjacent to an activating group) is 1. The summed E-state index contributed by atoms with van der Waals surface area (Å²) in [5, 5.41) is 9.11. The molecule has 0 unspecified atom stereocenters. The molecule has 1 heterocycles. The fourth-order valence-electron chi connectivity index (χ4n) is 0.768. The lowest BCUT2D eigenvalue weighted by molar-refractivity contribution is 0.502. The highest BCUT2D eigenvalue weighted by Gasteiger charge is 2.11. The van der Waals surface area contributed by atoms with Gasteiger partial charge in [0.25, 0.3) is 0 Å². The molecular formula is C6H9BINO. The first-order valence-corrected chi connectivity index (χ1v) is 4.35. The fraction of sp³-hybridized carbons (Fsp3) is 0.333. The molecule has 1 aliphatic heterocycles. The van der Waals surface area contributed by atoms with Gasteiger partial charge in [0, 0.05) is 13.6 Å².